The average Bonchev–Trinajstić information content (AvgIpc) is 3.34. The van der Waals surface area contributed by atoms with E-state index in [1.54, 1.807) is 17.7 Å². The van der Waals surface area contributed by atoms with Gasteiger partial charge in [-0.1, -0.05) is 91.0 Å². The molecular weight excluding hydrogens is 464 g/mol. The van der Waals surface area contributed by atoms with Gasteiger partial charge in [0, 0.05) is 11.1 Å². The molecule has 6 rings (SSSR count). The molecule has 9 nitrogen and oxygen atoms in total. The lowest BCUT2D eigenvalue weighted by Gasteiger charge is -2.10. The Balaban J connectivity index is 1.48. The first-order valence-corrected chi connectivity index (χ1v) is 11.6. The predicted molar refractivity (Wildman–Crippen MR) is 141 cm³/mol. The summed E-state index contributed by atoms with van der Waals surface area (Å²) in [5.74, 6) is -0.488. The Morgan fingerprint density at radius 1 is 0.811 bits per heavy atom. The molecule has 3 aromatic heterocycles. The third-order valence-corrected chi connectivity index (χ3v) is 5.98. The van der Waals surface area contributed by atoms with Gasteiger partial charge in [0.05, 0.1) is 17.3 Å². The number of nitrogens with one attached hydrogen (secondary N) is 1. The van der Waals surface area contributed by atoms with Crippen LogP contribution in [0.25, 0.3) is 39.1 Å². The number of aryl methyl sites for hydroxylation is 1. The van der Waals surface area contributed by atoms with Gasteiger partial charge in [-0.15, -0.1) is 25.5 Å². The highest BCUT2D eigenvalue weighted by Crippen LogP contribution is 2.37. The Labute approximate surface area is 211 Å². The molecule has 0 aliphatic rings. The highest BCUT2D eigenvalue weighted by molar-refractivity contribution is 6.07. The summed E-state index contributed by atoms with van der Waals surface area (Å²) >= 11 is 0. The molecule has 0 unspecified atom stereocenters. The van der Waals surface area contributed by atoms with Crippen molar-refractivity contribution >= 4 is 28.8 Å². The van der Waals surface area contributed by atoms with Gasteiger partial charge < -0.3 is 0 Å². The van der Waals surface area contributed by atoms with Crippen molar-refractivity contribution in [2.45, 2.75) is 6.92 Å². The minimum absolute atomic E-state index is 0.114. The van der Waals surface area contributed by atoms with E-state index < -0.39 is 5.91 Å². The van der Waals surface area contributed by atoms with E-state index in [0.717, 1.165) is 22.3 Å². The van der Waals surface area contributed by atoms with Crippen LogP contribution in [0.2, 0.25) is 0 Å². The van der Waals surface area contributed by atoms with Crippen molar-refractivity contribution in [2.24, 2.45) is 5.10 Å². The number of nitrogens with zero attached hydrogens (tertiary/aromatic N) is 7. The molecule has 1 N–H and O–H groups in total. The highest BCUT2D eigenvalue weighted by atomic mass is 16.2. The molecule has 0 aliphatic carbocycles. The lowest BCUT2D eigenvalue weighted by atomic mass is 9.97. The van der Waals surface area contributed by atoms with Crippen molar-refractivity contribution < 1.29 is 4.79 Å². The second-order valence-corrected chi connectivity index (χ2v) is 8.33. The second kappa shape index (κ2) is 9.38. The van der Waals surface area contributed by atoms with E-state index in [9.17, 15) is 4.79 Å². The van der Waals surface area contributed by atoms with Crippen molar-refractivity contribution in [3.05, 3.63) is 108 Å². The van der Waals surface area contributed by atoms with E-state index in [1.807, 2.05) is 91.0 Å². The molecule has 37 heavy (non-hydrogen) atoms. The number of hydrogen-bond donors (Lipinski definition) is 1. The largest absolute Gasteiger partial charge is 0.293 e. The standard InChI is InChI=1S/C28H20N8O/c1-18-24(28(37)34-29-17-19-11-5-2-6-12-19)30-33-27-23-22(20-13-7-3-8-14-20)25(21-15-9-4-10-16-21)31-32-26(23)35-36(18)27/h2-17H,1H3,(H,34,37)/b29-17+. The number of carbonyl (C=O) groups is 1. The molecule has 0 spiro atoms. The van der Waals surface area contributed by atoms with Crippen LogP contribution in [0.4, 0.5) is 0 Å². The Morgan fingerprint density at radius 3 is 2.16 bits per heavy atom. The molecule has 0 atom stereocenters. The fourth-order valence-electron chi connectivity index (χ4n) is 4.20. The summed E-state index contributed by atoms with van der Waals surface area (Å²) in [7, 11) is 0. The molecule has 6 aromatic rings. The number of hydrogen-bond acceptors (Lipinski definition) is 7. The van der Waals surface area contributed by atoms with Gasteiger partial charge in [0.25, 0.3) is 5.91 Å². The van der Waals surface area contributed by atoms with Crippen LogP contribution < -0.4 is 5.43 Å². The third-order valence-electron chi connectivity index (χ3n) is 5.98. The van der Waals surface area contributed by atoms with E-state index in [-0.39, 0.29) is 5.69 Å². The molecule has 3 aromatic carbocycles. The topological polar surface area (TPSA) is 110 Å². The van der Waals surface area contributed by atoms with Gasteiger partial charge in [0.1, 0.15) is 5.69 Å². The molecule has 1 amide bonds. The summed E-state index contributed by atoms with van der Waals surface area (Å²) in [4.78, 5) is 12.8. The first-order valence-electron chi connectivity index (χ1n) is 11.6. The second-order valence-electron chi connectivity index (χ2n) is 8.33. The van der Waals surface area contributed by atoms with Gasteiger partial charge in [-0.3, -0.25) is 4.79 Å². The summed E-state index contributed by atoms with van der Waals surface area (Å²) in [5.41, 5.74) is 8.34. The monoisotopic (exact) mass is 484 g/mol. The van der Waals surface area contributed by atoms with Crippen LogP contribution in [0.3, 0.4) is 0 Å². The molecular formula is C28H20N8O. The first-order chi connectivity index (χ1) is 18.2. The Morgan fingerprint density at radius 2 is 1.46 bits per heavy atom. The number of aromatic nitrogens is 6. The van der Waals surface area contributed by atoms with Crippen LogP contribution in [0.5, 0.6) is 0 Å². The summed E-state index contributed by atoms with van der Waals surface area (Å²) in [6, 6.07) is 29.3. The van der Waals surface area contributed by atoms with Crippen LogP contribution in [0, 0.1) is 6.92 Å². The number of amides is 1. The Bertz CT molecular complexity index is 1760. The van der Waals surface area contributed by atoms with Crippen LogP contribution >= 0.6 is 0 Å². The van der Waals surface area contributed by atoms with Crippen LogP contribution in [0.15, 0.2) is 96.1 Å². The zero-order chi connectivity index (χ0) is 25.2. The summed E-state index contributed by atoms with van der Waals surface area (Å²) in [6.07, 6.45) is 1.56. The van der Waals surface area contributed by atoms with Crippen molar-refractivity contribution in [3.63, 3.8) is 0 Å². The van der Waals surface area contributed by atoms with Crippen molar-refractivity contribution in [1.82, 2.24) is 35.4 Å². The van der Waals surface area contributed by atoms with E-state index in [4.69, 9.17) is 0 Å². The average molecular weight is 485 g/mol. The lowest BCUT2D eigenvalue weighted by molar-refractivity contribution is 0.0947. The first kappa shape index (κ1) is 22.2. The zero-order valence-corrected chi connectivity index (χ0v) is 19.8. The number of carbonyl (C=O) groups excluding carboxylic acids is 1. The van der Waals surface area contributed by atoms with Crippen LogP contribution in [-0.2, 0) is 0 Å². The molecule has 0 radical (unpaired) electrons. The SMILES string of the molecule is Cc1c(C(=O)N/N=C/c2ccccc2)nnc2c3c(-c4ccccc4)c(-c4ccccc4)nnc3nn12. The molecule has 0 saturated carbocycles. The molecule has 0 aliphatic heterocycles. The van der Waals surface area contributed by atoms with Gasteiger partial charge in [-0.2, -0.15) is 5.10 Å². The lowest BCUT2D eigenvalue weighted by Crippen LogP contribution is -2.22. The predicted octanol–water partition coefficient (Wildman–Crippen LogP) is 4.47. The fraction of sp³-hybridized carbons (Fsp3) is 0.0357. The minimum atomic E-state index is -0.488. The van der Waals surface area contributed by atoms with Gasteiger partial charge in [-0.25, -0.2) is 9.94 Å². The van der Waals surface area contributed by atoms with Gasteiger partial charge in [-0.05, 0) is 18.1 Å². The smallest absolute Gasteiger partial charge is 0.265 e. The van der Waals surface area contributed by atoms with Gasteiger partial charge in [0.2, 0.25) is 5.65 Å². The third kappa shape index (κ3) is 4.08. The van der Waals surface area contributed by atoms with Gasteiger partial charge >= 0.3 is 0 Å². The maximum Gasteiger partial charge on any atom is 0.293 e. The summed E-state index contributed by atoms with van der Waals surface area (Å²) in [5, 5.41) is 27.0. The number of fused-ring (bicyclic) bond motifs is 3. The number of benzene rings is 3. The molecule has 0 bridgehead atoms. The normalized spacial score (nSPS) is 11.4. The van der Waals surface area contributed by atoms with Crippen molar-refractivity contribution in [2.75, 3.05) is 0 Å². The number of hydrazone groups is 1. The quantitative estimate of drug-likeness (QED) is 0.285. The fourth-order valence-corrected chi connectivity index (χ4v) is 4.20. The maximum atomic E-state index is 12.8. The minimum Gasteiger partial charge on any atom is -0.265 e. The molecule has 9 heteroatoms. The number of rotatable bonds is 5. The Kier molecular flexibility index (Phi) is 5.62. The van der Waals surface area contributed by atoms with Crippen LogP contribution in [-0.4, -0.2) is 42.1 Å². The molecule has 0 saturated heterocycles. The molecule has 178 valence electrons. The zero-order valence-electron chi connectivity index (χ0n) is 19.8. The molecule has 0 fully saturated rings. The van der Waals surface area contributed by atoms with Gasteiger partial charge in [0.15, 0.2) is 11.3 Å². The highest BCUT2D eigenvalue weighted by Gasteiger charge is 2.23. The van der Waals surface area contributed by atoms with E-state index >= 15 is 0 Å². The van der Waals surface area contributed by atoms with Crippen LogP contribution in [0.1, 0.15) is 21.7 Å². The summed E-state index contributed by atoms with van der Waals surface area (Å²) < 4.78 is 1.59. The van der Waals surface area contributed by atoms with Crippen molar-refractivity contribution in [1.29, 1.82) is 0 Å². The van der Waals surface area contributed by atoms with E-state index in [0.29, 0.717) is 28.1 Å². The Hall–Kier alpha value is -5.31. The molecule has 3 heterocycles. The summed E-state index contributed by atoms with van der Waals surface area (Å²) in [6.45, 7) is 1.76. The maximum absolute atomic E-state index is 12.8. The van der Waals surface area contributed by atoms with E-state index in [2.05, 4.69) is 36.0 Å². The van der Waals surface area contributed by atoms with E-state index in [1.165, 1.54) is 0 Å². The van der Waals surface area contributed by atoms with Crippen molar-refractivity contribution in [3.8, 4) is 22.4 Å².